The molecule has 1 N–H and O–H groups in total. The molecule has 3 heterocycles. The van der Waals surface area contributed by atoms with Crippen molar-refractivity contribution in [3.05, 3.63) is 23.8 Å². The lowest BCUT2D eigenvalue weighted by molar-refractivity contribution is -0.194. The highest BCUT2D eigenvalue weighted by Gasteiger charge is 2.53. The standard InChI is InChI=1S/C17H21NO6/c1-22-12-3-4-14(23-2)13(9-12)17(24-16(21)15(19)20)10-18-7-5-11(17)6-8-18/h3-4,9,11H,5-8,10H2,1-2H3,(H,19,20). The van der Waals surface area contributed by atoms with Crippen molar-refractivity contribution in [2.45, 2.75) is 18.4 Å². The van der Waals surface area contributed by atoms with E-state index in [0.29, 0.717) is 23.6 Å². The van der Waals surface area contributed by atoms with E-state index in [9.17, 15) is 9.59 Å². The molecule has 0 amide bonds. The molecule has 4 rings (SSSR count). The predicted molar refractivity (Wildman–Crippen MR) is 84.1 cm³/mol. The van der Waals surface area contributed by atoms with E-state index in [0.717, 1.165) is 25.9 Å². The highest BCUT2D eigenvalue weighted by Crippen LogP contribution is 2.49. The molecular formula is C17H21NO6. The number of hydrogen-bond donors (Lipinski definition) is 1. The number of ether oxygens (including phenoxy) is 3. The Balaban J connectivity index is 2.11. The molecule has 1 unspecified atom stereocenters. The Kier molecular flexibility index (Phi) is 4.36. The zero-order valence-corrected chi connectivity index (χ0v) is 13.8. The number of carboxylic acids is 1. The SMILES string of the molecule is COc1ccc(OC)c(C2(OC(=O)C(=O)O)CN3CCC2CC3)c1. The van der Waals surface area contributed by atoms with Crippen molar-refractivity contribution in [1.29, 1.82) is 0 Å². The van der Waals surface area contributed by atoms with Gasteiger partial charge >= 0.3 is 11.9 Å². The van der Waals surface area contributed by atoms with Gasteiger partial charge in [-0.15, -0.1) is 0 Å². The maximum Gasteiger partial charge on any atom is 0.418 e. The first-order chi connectivity index (χ1) is 11.5. The number of carbonyl (C=O) groups is 2. The quantitative estimate of drug-likeness (QED) is 0.655. The average Bonchev–Trinajstić information content (AvgIpc) is 2.61. The summed E-state index contributed by atoms with van der Waals surface area (Å²) < 4.78 is 16.3. The predicted octanol–water partition coefficient (Wildman–Crippen LogP) is 1.25. The van der Waals surface area contributed by atoms with Gasteiger partial charge in [0.25, 0.3) is 0 Å². The molecule has 1 aromatic rings. The van der Waals surface area contributed by atoms with Crippen molar-refractivity contribution in [2.24, 2.45) is 5.92 Å². The molecule has 1 atom stereocenters. The average molecular weight is 335 g/mol. The fraction of sp³-hybridized carbons (Fsp3) is 0.529. The van der Waals surface area contributed by atoms with E-state index in [-0.39, 0.29) is 5.92 Å². The molecule has 130 valence electrons. The Bertz CT molecular complexity index is 652. The van der Waals surface area contributed by atoms with Gasteiger partial charge in [0.1, 0.15) is 11.5 Å². The van der Waals surface area contributed by atoms with Gasteiger partial charge in [0.2, 0.25) is 0 Å². The fourth-order valence-corrected chi connectivity index (χ4v) is 3.85. The van der Waals surface area contributed by atoms with Gasteiger partial charge in [-0.05, 0) is 44.1 Å². The van der Waals surface area contributed by atoms with Crippen LogP contribution in [0.5, 0.6) is 11.5 Å². The Labute approximate surface area is 140 Å². The van der Waals surface area contributed by atoms with Gasteiger partial charge in [-0.25, -0.2) is 9.59 Å². The third-order valence-electron chi connectivity index (χ3n) is 5.02. The number of carbonyl (C=O) groups excluding carboxylic acids is 1. The molecule has 3 fully saturated rings. The van der Waals surface area contributed by atoms with Gasteiger partial charge < -0.3 is 19.3 Å². The van der Waals surface area contributed by atoms with Crippen molar-refractivity contribution >= 4 is 11.9 Å². The summed E-state index contributed by atoms with van der Waals surface area (Å²) in [6.07, 6.45) is 1.68. The lowest BCUT2D eigenvalue weighted by atomic mass is 9.71. The van der Waals surface area contributed by atoms with Crippen LogP contribution in [-0.2, 0) is 19.9 Å². The summed E-state index contributed by atoms with van der Waals surface area (Å²) in [6.45, 7) is 2.30. The van der Waals surface area contributed by atoms with Gasteiger partial charge in [0, 0.05) is 18.0 Å². The molecule has 24 heavy (non-hydrogen) atoms. The molecular weight excluding hydrogens is 314 g/mol. The summed E-state index contributed by atoms with van der Waals surface area (Å²) in [7, 11) is 3.09. The first-order valence-corrected chi connectivity index (χ1v) is 7.91. The summed E-state index contributed by atoms with van der Waals surface area (Å²) in [6, 6.07) is 5.29. The van der Waals surface area contributed by atoms with Crippen LogP contribution in [0.1, 0.15) is 18.4 Å². The maximum atomic E-state index is 11.9. The molecule has 3 aliphatic heterocycles. The molecule has 0 radical (unpaired) electrons. The van der Waals surface area contributed by atoms with E-state index in [4.69, 9.17) is 19.3 Å². The minimum Gasteiger partial charge on any atom is -0.497 e. The van der Waals surface area contributed by atoms with Crippen molar-refractivity contribution < 1.29 is 28.9 Å². The maximum absolute atomic E-state index is 11.9. The zero-order chi connectivity index (χ0) is 17.3. The van der Waals surface area contributed by atoms with Crippen LogP contribution in [0.4, 0.5) is 0 Å². The number of benzene rings is 1. The van der Waals surface area contributed by atoms with E-state index in [1.807, 2.05) is 0 Å². The third kappa shape index (κ3) is 2.69. The van der Waals surface area contributed by atoms with E-state index in [1.165, 1.54) is 0 Å². The third-order valence-corrected chi connectivity index (χ3v) is 5.02. The molecule has 2 bridgehead atoms. The highest BCUT2D eigenvalue weighted by molar-refractivity contribution is 6.28. The zero-order valence-electron chi connectivity index (χ0n) is 13.8. The number of piperidine rings is 3. The van der Waals surface area contributed by atoms with Gasteiger partial charge in [0.05, 0.1) is 14.2 Å². The number of carboxylic acid groups (broad SMARTS) is 1. The number of aliphatic carboxylic acids is 1. The van der Waals surface area contributed by atoms with Crippen molar-refractivity contribution in [1.82, 2.24) is 4.90 Å². The first-order valence-electron chi connectivity index (χ1n) is 7.91. The van der Waals surface area contributed by atoms with Crippen LogP contribution in [0.2, 0.25) is 0 Å². The van der Waals surface area contributed by atoms with Crippen molar-refractivity contribution in [2.75, 3.05) is 33.9 Å². The summed E-state index contributed by atoms with van der Waals surface area (Å²) in [5.74, 6) is -1.62. The van der Waals surface area contributed by atoms with Crippen LogP contribution in [-0.4, -0.2) is 55.8 Å². The van der Waals surface area contributed by atoms with Crippen LogP contribution < -0.4 is 9.47 Å². The monoisotopic (exact) mass is 335 g/mol. The van der Waals surface area contributed by atoms with Gasteiger partial charge in [-0.1, -0.05) is 0 Å². The van der Waals surface area contributed by atoms with Crippen LogP contribution in [0.25, 0.3) is 0 Å². The summed E-state index contributed by atoms with van der Waals surface area (Å²) in [4.78, 5) is 25.2. The fourth-order valence-electron chi connectivity index (χ4n) is 3.85. The number of fused-ring (bicyclic) bond motifs is 3. The Morgan fingerprint density at radius 2 is 1.92 bits per heavy atom. The van der Waals surface area contributed by atoms with E-state index >= 15 is 0 Å². The molecule has 0 aromatic heterocycles. The van der Waals surface area contributed by atoms with E-state index in [1.54, 1.807) is 32.4 Å². The normalized spacial score (nSPS) is 28.2. The second-order valence-corrected chi connectivity index (χ2v) is 6.20. The first kappa shape index (κ1) is 16.6. The number of hydrogen-bond acceptors (Lipinski definition) is 6. The second-order valence-electron chi connectivity index (χ2n) is 6.20. The highest BCUT2D eigenvalue weighted by atomic mass is 16.6. The van der Waals surface area contributed by atoms with Crippen LogP contribution >= 0.6 is 0 Å². The Morgan fingerprint density at radius 1 is 1.21 bits per heavy atom. The van der Waals surface area contributed by atoms with Gasteiger partial charge in [-0.3, -0.25) is 4.90 Å². The number of methoxy groups -OCH3 is 2. The van der Waals surface area contributed by atoms with Crippen LogP contribution in [0, 0.1) is 5.92 Å². The van der Waals surface area contributed by atoms with Crippen molar-refractivity contribution in [3.63, 3.8) is 0 Å². The molecule has 3 saturated heterocycles. The smallest absolute Gasteiger partial charge is 0.418 e. The summed E-state index contributed by atoms with van der Waals surface area (Å²) in [5, 5.41) is 9.03. The number of rotatable bonds is 4. The molecule has 0 spiro atoms. The largest absolute Gasteiger partial charge is 0.497 e. The lowest BCUT2D eigenvalue weighted by Crippen LogP contribution is -2.59. The minimum absolute atomic E-state index is 0.0480. The van der Waals surface area contributed by atoms with Crippen molar-refractivity contribution in [3.8, 4) is 11.5 Å². The van der Waals surface area contributed by atoms with Crippen LogP contribution in [0.15, 0.2) is 18.2 Å². The molecule has 7 heteroatoms. The number of nitrogens with zero attached hydrogens (tertiary/aromatic N) is 1. The van der Waals surface area contributed by atoms with E-state index in [2.05, 4.69) is 4.90 Å². The van der Waals surface area contributed by atoms with Gasteiger partial charge in [-0.2, -0.15) is 0 Å². The molecule has 1 aromatic carbocycles. The van der Waals surface area contributed by atoms with Gasteiger partial charge in [0.15, 0.2) is 5.60 Å². The Morgan fingerprint density at radius 3 is 2.42 bits per heavy atom. The van der Waals surface area contributed by atoms with Crippen LogP contribution in [0.3, 0.4) is 0 Å². The second kappa shape index (κ2) is 6.32. The summed E-state index contributed by atoms with van der Waals surface area (Å²) in [5.41, 5.74) is -0.375. The minimum atomic E-state index is -1.59. The molecule has 0 aliphatic carbocycles. The Hall–Kier alpha value is -2.28. The summed E-state index contributed by atoms with van der Waals surface area (Å²) >= 11 is 0. The topological polar surface area (TPSA) is 85.3 Å². The molecule has 7 nitrogen and oxygen atoms in total. The lowest BCUT2D eigenvalue weighted by Gasteiger charge is -2.52. The molecule has 3 aliphatic rings. The van der Waals surface area contributed by atoms with E-state index < -0.39 is 17.5 Å². The number of esters is 1. The molecule has 0 saturated carbocycles.